The molecule has 1 saturated heterocycles. The van der Waals surface area contributed by atoms with Crippen LogP contribution in [0.3, 0.4) is 0 Å². The minimum Gasteiger partial charge on any atom is -0.336 e. The van der Waals surface area contributed by atoms with Crippen molar-refractivity contribution in [2.75, 3.05) is 26.2 Å². The summed E-state index contributed by atoms with van der Waals surface area (Å²) < 4.78 is 0. The van der Waals surface area contributed by atoms with Crippen LogP contribution in [0, 0.1) is 0 Å². The second-order valence-electron chi connectivity index (χ2n) is 7.00. The predicted octanol–water partition coefficient (Wildman–Crippen LogP) is 2.93. The van der Waals surface area contributed by atoms with Gasteiger partial charge in [-0.2, -0.15) is 0 Å². The van der Waals surface area contributed by atoms with Gasteiger partial charge in [-0.3, -0.25) is 9.88 Å². The average Bonchev–Trinajstić information content (AvgIpc) is 2.68. The van der Waals surface area contributed by atoms with E-state index in [9.17, 15) is 4.79 Å². The number of aryl methyl sites for hydroxylation is 1. The Morgan fingerprint density at radius 3 is 2.50 bits per heavy atom. The van der Waals surface area contributed by atoms with Crippen LogP contribution < -0.4 is 5.32 Å². The number of nitrogens with one attached hydrogen (secondary N) is 1. The van der Waals surface area contributed by atoms with Crippen molar-refractivity contribution in [1.82, 2.24) is 20.1 Å². The highest BCUT2D eigenvalue weighted by Crippen LogP contribution is 2.09. The third-order valence-corrected chi connectivity index (χ3v) is 4.87. The molecule has 0 aliphatic carbocycles. The second-order valence-corrected chi connectivity index (χ2v) is 7.00. The fourth-order valence-corrected chi connectivity index (χ4v) is 3.26. The molecule has 1 fully saturated rings. The Bertz CT molecular complexity index is 669. The molecule has 1 atom stereocenters. The molecule has 2 amide bonds. The molecule has 3 rings (SSSR count). The van der Waals surface area contributed by atoms with E-state index in [0.29, 0.717) is 0 Å². The normalized spacial score (nSPS) is 16.3. The molecule has 1 N–H and O–H groups in total. The summed E-state index contributed by atoms with van der Waals surface area (Å²) in [6.45, 7) is 6.34. The van der Waals surface area contributed by atoms with E-state index in [4.69, 9.17) is 0 Å². The topological polar surface area (TPSA) is 48.5 Å². The number of carbonyl (C=O) groups excluding carboxylic acids is 1. The molecule has 2 aromatic rings. The van der Waals surface area contributed by atoms with Crippen molar-refractivity contribution < 1.29 is 4.79 Å². The summed E-state index contributed by atoms with van der Waals surface area (Å²) in [5.41, 5.74) is 2.54. The summed E-state index contributed by atoms with van der Waals surface area (Å²) in [5, 5.41) is 3.14. The van der Waals surface area contributed by atoms with Crippen LogP contribution in [-0.4, -0.2) is 53.0 Å². The first-order chi connectivity index (χ1) is 12.7. The minimum atomic E-state index is 0.0617. The molecule has 0 radical (unpaired) electrons. The minimum absolute atomic E-state index is 0.0617. The quantitative estimate of drug-likeness (QED) is 0.870. The Hall–Kier alpha value is -2.40. The lowest BCUT2D eigenvalue weighted by Crippen LogP contribution is -2.52. The molecule has 0 unspecified atom stereocenters. The predicted molar refractivity (Wildman–Crippen MR) is 104 cm³/mol. The fraction of sp³-hybridized carbons (Fsp3) is 0.429. The van der Waals surface area contributed by atoms with Crippen LogP contribution in [0.5, 0.6) is 0 Å². The Kier molecular flexibility index (Phi) is 6.61. The Morgan fingerprint density at radius 1 is 1.08 bits per heavy atom. The number of piperazine rings is 1. The van der Waals surface area contributed by atoms with Crippen LogP contribution in [0.15, 0.2) is 54.9 Å². The van der Waals surface area contributed by atoms with E-state index in [2.05, 4.69) is 52.5 Å². The molecule has 1 aliphatic heterocycles. The lowest BCUT2D eigenvalue weighted by Gasteiger charge is -2.35. The lowest BCUT2D eigenvalue weighted by atomic mass is 10.1. The van der Waals surface area contributed by atoms with Gasteiger partial charge in [-0.1, -0.05) is 36.4 Å². The third-order valence-electron chi connectivity index (χ3n) is 4.87. The molecule has 5 nitrogen and oxygen atoms in total. The molecule has 2 heterocycles. The highest BCUT2D eigenvalue weighted by molar-refractivity contribution is 5.74. The summed E-state index contributed by atoms with van der Waals surface area (Å²) in [7, 11) is 0. The maximum absolute atomic E-state index is 12.5. The monoisotopic (exact) mass is 352 g/mol. The van der Waals surface area contributed by atoms with Gasteiger partial charge in [-0.25, -0.2) is 4.79 Å². The maximum atomic E-state index is 12.5. The fourth-order valence-electron chi connectivity index (χ4n) is 3.26. The van der Waals surface area contributed by atoms with E-state index < -0.39 is 0 Å². The summed E-state index contributed by atoms with van der Waals surface area (Å²) in [6, 6.07) is 14.7. The summed E-state index contributed by atoms with van der Waals surface area (Å²) >= 11 is 0. The largest absolute Gasteiger partial charge is 0.336 e. The van der Waals surface area contributed by atoms with E-state index in [1.165, 1.54) is 11.1 Å². The van der Waals surface area contributed by atoms with Gasteiger partial charge >= 0.3 is 6.03 Å². The second kappa shape index (κ2) is 9.34. The Balaban J connectivity index is 1.37. The zero-order chi connectivity index (χ0) is 18.2. The number of amides is 2. The molecule has 0 spiro atoms. The number of urea groups is 1. The summed E-state index contributed by atoms with van der Waals surface area (Å²) in [6.07, 6.45) is 5.65. The van der Waals surface area contributed by atoms with Crippen LogP contribution in [0.25, 0.3) is 0 Å². The van der Waals surface area contributed by atoms with Crippen LogP contribution >= 0.6 is 0 Å². The number of aromatic nitrogens is 1. The van der Waals surface area contributed by atoms with Crippen molar-refractivity contribution in [3.63, 3.8) is 0 Å². The van der Waals surface area contributed by atoms with Crippen LogP contribution in [0.2, 0.25) is 0 Å². The number of carbonyl (C=O) groups is 1. The van der Waals surface area contributed by atoms with Gasteiger partial charge in [0, 0.05) is 51.2 Å². The van der Waals surface area contributed by atoms with Crippen molar-refractivity contribution in [3.8, 4) is 0 Å². The Labute approximate surface area is 156 Å². The molecule has 0 saturated carbocycles. The highest BCUT2D eigenvalue weighted by atomic mass is 16.2. The first-order valence-electron chi connectivity index (χ1n) is 9.41. The zero-order valence-corrected chi connectivity index (χ0v) is 15.5. The van der Waals surface area contributed by atoms with E-state index in [0.717, 1.165) is 45.6 Å². The number of hydrogen-bond donors (Lipinski definition) is 1. The molecular formula is C21H28N4O. The zero-order valence-electron chi connectivity index (χ0n) is 15.5. The van der Waals surface area contributed by atoms with Crippen molar-refractivity contribution in [2.24, 2.45) is 0 Å². The number of hydrogen-bond acceptors (Lipinski definition) is 3. The van der Waals surface area contributed by atoms with Gasteiger partial charge in [0.25, 0.3) is 0 Å². The van der Waals surface area contributed by atoms with E-state index in [1.54, 1.807) is 6.20 Å². The van der Waals surface area contributed by atoms with Gasteiger partial charge in [0.05, 0.1) is 0 Å². The SMILES string of the molecule is C[C@H](CCc1ccccc1)NC(=O)N1CCN(Cc2cccnc2)CC1. The molecule has 1 aromatic heterocycles. The summed E-state index contributed by atoms with van der Waals surface area (Å²) in [5.74, 6) is 0. The van der Waals surface area contributed by atoms with E-state index in [-0.39, 0.29) is 12.1 Å². The Morgan fingerprint density at radius 2 is 1.81 bits per heavy atom. The standard InChI is InChI=1S/C21H28N4O/c1-18(9-10-19-6-3-2-4-7-19)23-21(26)25-14-12-24(13-15-25)17-20-8-5-11-22-16-20/h2-8,11,16,18H,9-10,12-15,17H2,1H3,(H,23,26)/t18-/m1/s1. The van der Waals surface area contributed by atoms with Gasteiger partial charge in [-0.05, 0) is 37.0 Å². The van der Waals surface area contributed by atoms with Crippen molar-refractivity contribution in [3.05, 3.63) is 66.0 Å². The first-order valence-corrected chi connectivity index (χ1v) is 9.41. The number of benzene rings is 1. The third kappa shape index (κ3) is 5.56. The van der Waals surface area contributed by atoms with Crippen molar-refractivity contribution in [1.29, 1.82) is 0 Å². The highest BCUT2D eigenvalue weighted by Gasteiger charge is 2.22. The molecular weight excluding hydrogens is 324 g/mol. The average molecular weight is 352 g/mol. The van der Waals surface area contributed by atoms with Crippen LogP contribution in [-0.2, 0) is 13.0 Å². The van der Waals surface area contributed by atoms with Gasteiger partial charge < -0.3 is 10.2 Å². The van der Waals surface area contributed by atoms with Crippen molar-refractivity contribution in [2.45, 2.75) is 32.4 Å². The van der Waals surface area contributed by atoms with Crippen LogP contribution in [0.4, 0.5) is 4.79 Å². The molecule has 138 valence electrons. The molecule has 26 heavy (non-hydrogen) atoms. The molecule has 1 aromatic carbocycles. The molecule has 0 bridgehead atoms. The van der Waals surface area contributed by atoms with Crippen LogP contribution in [0.1, 0.15) is 24.5 Å². The van der Waals surface area contributed by atoms with Gasteiger partial charge in [0.1, 0.15) is 0 Å². The first kappa shape index (κ1) is 18.4. The molecule has 1 aliphatic rings. The van der Waals surface area contributed by atoms with Gasteiger partial charge in [0.15, 0.2) is 0 Å². The lowest BCUT2D eigenvalue weighted by molar-refractivity contribution is 0.133. The number of nitrogens with zero attached hydrogens (tertiary/aromatic N) is 3. The van der Waals surface area contributed by atoms with E-state index >= 15 is 0 Å². The number of rotatable bonds is 6. The van der Waals surface area contributed by atoms with Crippen molar-refractivity contribution >= 4 is 6.03 Å². The van der Waals surface area contributed by atoms with Gasteiger partial charge in [-0.15, -0.1) is 0 Å². The summed E-state index contributed by atoms with van der Waals surface area (Å²) in [4.78, 5) is 20.9. The number of pyridine rings is 1. The van der Waals surface area contributed by atoms with Gasteiger partial charge in [0.2, 0.25) is 0 Å². The van der Waals surface area contributed by atoms with E-state index in [1.807, 2.05) is 23.2 Å². The maximum Gasteiger partial charge on any atom is 0.317 e. The smallest absolute Gasteiger partial charge is 0.317 e. The molecule has 5 heteroatoms.